The highest BCUT2D eigenvalue weighted by molar-refractivity contribution is 7.14. The average Bonchev–Trinajstić information content (AvgIpc) is 3.21. The largest absolute Gasteiger partial charge is 0.497 e. The Balaban J connectivity index is 1.74. The number of hydrogen-bond acceptors (Lipinski definition) is 6. The highest BCUT2D eigenvalue weighted by atomic mass is 32.1. The quantitative estimate of drug-likeness (QED) is 0.619. The van der Waals surface area contributed by atoms with Gasteiger partial charge in [-0.2, -0.15) is 0 Å². The number of aromatic nitrogens is 1. The van der Waals surface area contributed by atoms with Crippen molar-refractivity contribution in [3.05, 3.63) is 53.9 Å². The number of anilines is 1. The van der Waals surface area contributed by atoms with Gasteiger partial charge in [0, 0.05) is 18.0 Å². The third-order valence-electron chi connectivity index (χ3n) is 3.94. The van der Waals surface area contributed by atoms with E-state index in [2.05, 4.69) is 4.98 Å². The number of rotatable bonds is 7. The van der Waals surface area contributed by atoms with Gasteiger partial charge in [0.2, 0.25) is 0 Å². The average molecular weight is 384 g/mol. The molecule has 140 valence electrons. The smallest absolute Gasteiger partial charge is 0.266 e. The van der Waals surface area contributed by atoms with Gasteiger partial charge in [-0.25, -0.2) is 4.98 Å². The summed E-state index contributed by atoms with van der Waals surface area (Å²) in [5, 5.41) is 2.46. The predicted octanol–water partition coefficient (Wildman–Crippen LogP) is 3.87. The summed E-state index contributed by atoms with van der Waals surface area (Å²) >= 11 is 1.38. The summed E-state index contributed by atoms with van der Waals surface area (Å²) in [5.74, 6) is 1.87. The van der Waals surface area contributed by atoms with Gasteiger partial charge in [0.15, 0.2) is 11.7 Å². The van der Waals surface area contributed by atoms with Crippen molar-refractivity contribution < 1.29 is 19.0 Å². The van der Waals surface area contributed by atoms with Gasteiger partial charge in [0.25, 0.3) is 5.91 Å². The monoisotopic (exact) mass is 384 g/mol. The van der Waals surface area contributed by atoms with Gasteiger partial charge < -0.3 is 14.2 Å². The van der Waals surface area contributed by atoms with Crippen molar-refractivity contribution in [2.75, 3.05) is 32.8 Å². The predicted molar refractivity (Wildman–Crippen MR) is 106 cm³/mol. The minimum absolute atomic E-state index is 0.0576. The van der Waals surface area contributed by atoms with E-state index in [1.165, 1.54) is 16.2 Å². The first kappa shape index (κ1) is 18.7. The van der Waals surface area contributed by atoms with E-state index >= 15 is 0 Å². The number of hydrogen-bond donors (Lipinski definition) is 0. The second kappa shape index (κ2) is 8.55. The molecule has 0 aliphatic rings. The summed E-state index contributed by atoms with van der Waals surface area (Å²) in [6.45, 7) is -0.0576. The van der Waals surface area contributed by atoms with E-state index < -0.39 is 0 Å². The number of ether oxygens (including phenoxy) is 3. The molecular weight excluding hydrogens is 364 g/mol. The summed E-state index contributed by atoms with van der Waals surface area (Å²) in [6, 6.07) is 14.7. The second-order valence-electron chi connectivity index (χ2n) is 5.64. The molecule has 7 heteroatoms. The maximum Gasteiger partial charge on any atom is 0.266 e. The topological polar surface area (TPSA) is 60.9 Å². The van der Waals surface area contributed by atoms with Crippen LogP contribution < -0.4 is 19.1 Å². The number of para-hydroxylation sites is 1. The number of benzene rings is 2. The van der Waals surface area contributed by atoms with Crippen LogP contribution in [0.25, 0.3) is 11.3 Å². The fourth-order valence-electron chi connectivity index (χ4n) is 2.42. The molecule has 0 fully saturated rings. The number of nitrogens with zero attached hydrogens (tertiary/aromatic N) is 2. The lowest BCUT2D eigenvalue weighted by molar-refractivity contribution is -0.120. The van der Waals surface area contributed by atoms with Crippen LogP contribution in [0.15, 0.2) is 53.9 Å². The highest BCUT2D eigenvalue weighted by Gasteiger charge is 2.18. The van der Waals surface area contributed by atoms with Crippen molar-refractivity contribution in [3.8, 4) is 28.5 Å². The zero-order valence-electron chi connectivity index (χ0n) is 15.3. The molecule has 0 bridgehead atoms. The molecule has 2 aromatic carbocycles. The molecule has 0 N–H and O–H groups in total. The number of likely N-dealkylation sites (N-methyl/N-ethyl adjacent to an activating group) is 1. The lowest BCUT2D eigenvalue weighted by Gasteiger charge is -2.14. The van der Waals surface area contributed by atoms with Gasteiger partial charge in [-0.3, -0.25) is 9.69 Å². The maximum absolute atomic E-state index is 12.4. The van der Waals surface area contributed by atoms with Crippen LogP contribution in [-0.4, -0.2) is 38.8 Å². The Bertz CT molecular complexity index is 911. The van der Waals surface area contributed by atoms with Crippen LogP contribution in [0.3, 0.4) is 0 Å². The molecule has 3 aromatic rings. The third-order valence-corrected chi connectivity index (χ3v) is 4.86. The van der Waals surface area contributed by atoms with Crippen LogP contribution >= 0.6 is 11.3 Å². The Morgan fingerprint density at radius 2 is 1.85 bits per heavy atom. The van der Waals surface area contributed by atoms with Gasteiger partial charge in [-0.05, 0) is 30.3 Å². The van der Waals surface area contributed by atoms with E-state index in [0.717, 1.165) is 11.3 Å². The molecule has 0 atom stereocenters. The molecule has 27 heavy (non-hydrogen) atoms. The van der Waals surface area contributed by atoms with Crippen molar-refractivity contribution in [3.63, 3.8) is 0 Å². The van der Waals surface area contributed by atoms with Crippen molar-refractivity contribution in [1.82, 2.24) is 4.98 Å². The molecular formula is C20H20N2O4S. The lowest BCUT2D eigenvalue weighted by Crippen LogP contribution is -2.31. The van der Waals surface area contributed by atoms with E-state index in [0.29, 0.717) is 22.4 Å². The number of methoxy groups -OCH3 is 2. The van der Waals surface area contributed by atoms with E-state index in [1.54, 1.807) is 21.3 Å². The number of carbonyl (C=O) groups excluding carboxylic acids is 1. The number of carbonyl (C=O) groups is 1. The summed E-state index contributed by atoms with van der Waals surface area (Å²) in [4.78, 5) is 18.5. The van der Waals surface area contributed by atoms with Crippen LogP contribution in [0.5, 0.6) is 17.2 Å². The zero-order chi connectivity index (χ0) is 19.2. The minimum atomic E-state index is -0.183. The van der Waals surface area contributed by atoms with Crippen molar-refractivity contribution in [2.45, 2.75) is 0 Å². The lowest BCUT2D eigenvalue weighted by atomic mass is 10.1. The molecule has 0 spiro atoms. The first-order valence-corrected chi connectivity index (χ1v) is 9.12. The first-order chi connectivity index (χ1) is 13.1. The Labute approximate surface area is 161 Å². The minimum Gasteiger partial charge on any atom is -0.497 e. The third kappa shape index (κ3) is 4.38. The molecule has 0 unspecified atom stereocenters. The van der Waals surface area contributed by atoms with E-state index in [9.17, 15) is 4.79 Å². The normalized spacial score (nSPS) is 10.3. The van der Waals surface area contributed by atoms with Crippen molar-refractivity contribution >= 4 is 22.4 Å². The molecule has 0 saturated heterocycles. The molecule has 0 saturated carbocycles. The van der Waals surface area contributed by atoms with E-state index in [4.69, 9.17) is 14.2 Å². The fraction of sp³-hybridized carbons (Fsp3) is 0.200. The zero-order valence-corrected chi connectivity index (χ0v) is 16.2. The summed E-state index contributed by atoms with van der Waals surface area (Å²) in [5.41, 5.74) is 1.52. The van der Waals surface area contributed by atoms with Crippen LogP contribution in [0.1, 0.15) is 0 Å². The molecule has 1 aromatic heterocycles. The van der Waals surface area contributed by atoms with Gasteiger partial charge in [-0.15, -0.1) is 11.3 Å². The van der Waals surface area contributed by atoms with Gasteiger partial charge in [-0.1, -0.05) is 18.2 Å². The Morgan fingerprint density at radius 1 is 1.07 bits per heavy atom. The molecule has 1 heterocycles. The fourth-order valence-corrected chi connectivity index (χ4v) is 3.23. The Hall–Kier alpha value is -3.06. The molecule has 3 rings (SSSR count). The molecule has 0 aliphatic heterocycles. The SMILES string of the molecule is COc1ccc(OC)c(-c2csc(N(C)C(=O)COc3ccccc3)n2)c1. The van der Waals surface area contributed by atoms with Crippen LogP contribution in [0, 0.1) is 0 Å². The molecule has 1 amide bonds. The Kier molecular flexibility index (Phi) is 5.93. The van der Waals surface area contributed by atoms with Crippen LogP contribution in [-0.2, 0) is 4.79 Å². The summed E-state index contributed by atoms with van der Waals surface area (Å²) in [7, 11) is 4.90. The van der Waals surface area contributed by atoms with Gasteiger partial charge >= 0.3 is 0 Å². The maximum atomic E-state index is 12.4. The summed E-state index contributed by atoms with van der Waals surface area (Å²) in [6.07, 6.45) is 0. The van der Waals surface area contributed by atoms with Crippen LogP contribution in [0.2, 0.25) is 0 Å². The first-order valence-electron chi connectivity index (χ1n) is 8.24. The van der Waals surface area contributed by atoms with E-state index in [-0.39, 0.29) is 12.5 Å². The van der Waals surface area contributed by atoms with Crippen molar-refractivity contribution in [2.24, 2.45) is 0 Å². The van der Waals surface area contributed by atoms with Crippen molar-refractivity contribution in [1.29, 1.82) is 0 Å². The van der Waals surface area contributed by atoms with Gasteiger partial charge in [0.05, 0.1) is 19.9 Å². The Morgan fingerprint density at radius 3 is 2.56 bits per heavy atom. The number of amides is 1. The molecule has 0 radical (unpaired) electrons. The standard InChI is InChI=1S/C20H20N2O4S/c1-22(19(23)12-26-14-7-5-4-6-8-14)20-21-17(13-27-20)16-11-15(24-2)9-10-18(16)25-3/h4-11,13H,12H2,1-3H3. The summed E-state index contributed by atoms with van der Waals surface area (Å²) < 4.78 is 16.2. The second-order valence-corrected chi connectivity index (χ2v) is 6.47. The number of thiazole rings is 1. The highest BCUT2D eigenvalue weighted by Crippen LogP contribution is 2.35. The van der Waals surface area contributed by atoms with Gasteiger partial charge in [0.1, 0.15) is 17.2 Å². The van der Waals surface area contributed by atoms with Crippen LogP contribution in [0.4, 0.5) is 5.13 Å². The van der Waals surface area contributed by atoms with E-state index in [1.807, 2.05) is 53.9 Å². The molecule has 0 aliphatic carbocycles. The molecule has 6 nitrogen and oxygen atoms in total.